The SMILES string of the molecule is CNc1nc(C)c(C(=O)NCCN(C)C)s1. The zero-order chi connectivity index (χ0) is 12.1. The van der Waals surface area contributed by atoms with E-state index in [0.717, 1.165) is 17.4 Å². The van der Waals surface area contributed by atoms with Crippen LogP contribution in [-0.2, 0) is 0 Å². The van der Waals surface area contributed by atoms with Gasteiger partial charge in [-0.05, 0) is 21.0 Å². The van der Waals surface area contributed by atoms with E-state index in [1.807, 2.05) is 25.9 Å². The Morgan fingerprint density at radius 1 is 1.50 bits per heavy atom. The highest BCUT2D eigenvalue weighted by molar-refractivity contribution is 7.17. The number of hydrogen-bond acceptors (Lipinski definition) is 5. The maximum absolute atomic E-state index is 11.8. The van der Waals surface area contributed by atoms with Crippen molar-refractivity contribution >= 4 is 22.4 Å². The lowest BCUT2D eigenvalue weighted by Crippen LogP contribution is -2.31. The number of amides is 1. The van der Waals surface area contributed by atoms with E-state index in [1.54, 1.807) is 7.05 Å². The zero-order valence-corrected chi connectivity index (χ0v) is 10.9. The van der Waals surface area contributed by atoms with E-state index < -0.39 is 0 Å². The van der Waals surface area contributed by atoms with E-state index in [0.29, 0.717) is 11.4 Å². The average molecular weight is 242 g/mol. The van der Waals surface area contributed by atoms with Crippen LogP contribution in [0.2, 0.25) is 0 Å². The minimum absolute atomic E-state index is 0.0432. The molecule has 2 N–H and O–H groups in total. The summed E-state index contributed by atoms with van der Waals surface area (Å²) in [4.78, 5) is 18.7. The molecule has 0 atom stereocenters. The topological polar surface area (TPSA) is 57.3 Å². The Hall–Kier alpha value is -1.14. The van der Waals surface area contributed by atoms with Crippen molar-refractivity contribution in [2.24, 2.45) is 0 Å². The van der Waals surface area contributed by atoms with Gasteiger partial charge in [-0.3, -0.25) is 4.79 Å². The first kappa shape index (κ1) is 12.9. The second kappa shape index (κ2) is 5.81. The van der Waals surface area contributed by atoms with Crippen molar-refractivity contribution in [1.29, 1.82) is 0 Å². The van der Waals surface area contributed by atoms with Gasteiger partial charge in [0.15, 0.2) is 5.13 Å². The number of hydrogen-bond donors (Lipinski definition) is 2. The number of aromatic nitrogens is 1. The molecule has 1 heterocycles. The van der Waals surface area contributed by atoms with Crippen LogP contribution in [0, 0.1) is 6.92 Å². The molecule has 0 aliphatic carbocycles. The normalized spacial score (nSPS) is 10.6. The second-order valence-electron chi connectivity index (χ2n) is 3.74. The largest absolute Gasteiger partial charge is 0.365 e. The fourth-order valence-electron chi connectivity index (χ4n) is 1.19. The molecule has 1 rings (SSSR count). The van der Waals surface area contributed by atoms with Gasteiger partial charge in [0.2, 0.25) is 0 Å². The van der Waals surface area contributed by atoms with Gasteiger partial charge in [0, 0.05) is 20.1 Å². The summed E-state index contributed by atoms with van der Waals surface area (Å²) in [6.45, 7) is 3.33. The maximum Gasteiger partial charge on any atom is 0.263 e. The number of nitrogens with zero attached hydrogens (tertiary/aromatic N) is 2. The van der Waals surface area contributed by atoms with Crippen LogP contribution in [0.1, 0.15) is 15.4 Å². The van der Waals surface area contributed by atoms with Crippen LogP contribution in [0.3, 0.4) is 0 Å². The number of aryl methyl sites for hydroxylation is 1. The average Bonchev–Trinajstić information content (AvgIpc) is 2.59. The predicted octanol–water partition coefficient (Wildman–Crippen LogP) is 0.785. The number of carbonyl (C=O) groups excluding carboxylic acids is 1. The minimum Gasteiger partial charge on any atom is -0.365 e. The molecule has 1 aromatic rings. The van der Waals surface area contributed by atoms with Gasteiger partial charge in [-0.15, -0.1) is 0 Å². The summed E-state index contributed by atoms with van der Waals surface area (Å²) in [5.74, 6) is -0.0432. The summed E-state index contributed by atoms with van der Waals surface area (Å²) in [6, 6.07) is 0. The van der Waals surface area contributed by atoms with Gasteiger partial charge in [-0.25, -0.2) is 4.98 Å². The Labute approximate surface area is 99.9 Å². The third-order valence-corrected chi connectivity index (χ3v) is 3.23. The summed E-state index contributed by atoms with van der Waals surface area (Å²) in [5, 5.41) is 6.58. The van der Waals surface area contributed by atoms with E-state index in [-0.39, 0.29) is 5.91 Å². The number of anilines is 1. The molecule has 0 unspecified atom stereocenters. The standard InChI is InChI=1S/C10H18N4OS/c1-7-8(16-10(11-2)13-7)9(15)12-5-6-14(3)4/h5-6H2,1-4H3,(H,11,13)(H,12,15). The van der Waals surface area contributed by atoms with E-state index in [1.165, 1.54) is 11.3 Å². The zero-order valence-electron chi connectivity index (χ0n) is 10.1. The van der Waals surface area contributed by atoms with Gasteiger partial charge in [-0.1, -0.05) is 11.3 Å². The monoisotopic (exact) mass is 242 g/mol. The summed E-state index contributed by atoms with van der Waals surface area (Å²) in [6.07, 6.45) is 0. The molecule has 16 heavy (non-hydrogen) atoms. The molecule has 0 spiro atoms. The van der Waals surface area contributed by atoms with Gasteiger partial charge in [-0.2, -0.15) is 0 Å². The van der Waals surface area contributed by atoms with E-state index in [9.17, 15) is 4.79 Å². The molecule has 6 heteroatoms. The molecule has 0 saturated heterocycles. The highest BCUT2D eigenvalue weighted by Crippen LogP contribution is 2.21. The minimum atomic E-state index is -0.0432. The highest BCUT2D eigenvalue weighted by atomic mass is 32.1. The highest BCUT2D eigenvalue weighted by Gasteiger charge is 2.13. The fourth-order valence-corrected chi connectivity index (χ4v) is 2.02. The molecule has 1 aromatic heterocycles. The molecule has 90 valence electrons. The smallest absolute Gasteiger partial charge is 0.263 e. The number of carbonyl (C=O) groups is 1. The third-order valence-electron chi connectivity index (χ3n) is 2.06. The first-order valence-electron chi connectivity index (χ1n) is 5.12. The van der Waals surface area contributed by atoms with Crippen molar-refractivity contribution in [3.05, 3.63) is 10.6 Å². The van der Waals surface area contributed by atoms with Crippen molar-refractivity contribution in [1.82, 2.24) is 15.2 Å². The lowest BCUT2D eigenvalue weighted by atomic mass is 10.4. The molecule has 0 aliphatic heterocycles. The number of likely N-dealkylation sites (N-methyl/N-ethyl adjacent to an activating group) is 1. The molecule has 0 aromatic carbocycles. The van der Waals surface area contributed by atoms with Crippen LogP contribution >= 0.6 is 11.3 Å². The van der Waals surface area contributed by atoms with Crippen molar-refractivity contribution in [3.8, 4) is 0 Å². The Kier molecular flexibility index (Phi) is 4.70. The Balaban J connectivity index is 2.55. The van der Waals surface area contributed by atoms with E-state index in [2.05, 4.69) is 15.6 Å². The van der Waals surface area contributed by atoms with Gasteiger partial charge >= 0.3 is 0 Å². The van der Waals surface area contributed by atoms with Crippen LogP contribution in [-0.4, -0.2) is 50.0 Å². The van der Waals surface area contributed by atoms with Crippen LogP contribution in [0.4, 0.5) is 5.13 Å². The molecule has 0 radical (unpaired) electrons. The molecular formula is C10H18N4OS. The van der Waals surface area contributed by atoms with Crippen molar-refractivity contribution in [2.45, 2.75) is 6.92 Å². The summed E-state index contributed by atoms with van der Waals surface area (Å²) < 4.78 is 0. The number of rotatable bonds is 5. The lowest BCUT2D eigenvalue weighted by Gasteiger charge is -2.09. The molecule has 1 amide bonds. The molecular weight excluding hydrogens is 224 g/mol. The number of thiazole rings is 1. The Bertz CT molecular complexity index is 362. The molecule has 0 fully saturated rings. The predicted molar refractivity (Wildman–Crippen MR) is 67.3 cm³/mol. The molecule has 0 saturated carbocycles. The quantitative estimate of drug-likeness (QED) is 0.801. The van der Waals surface area contributed by atoms with Crippen LogP contribution in [0.25, 0.3) is 0 Å². The van der Waals surface area contributed by atoms with Gasteiger partial charge in [0.05, 0.1) is 5.69 Å². The van der Waals surface area contributed by atoms with Crippen LogP contribution in [0.15, 0.2) is 0 Å². The van der Waals surface area contributed by atoms with Gasteiger partial charge < -0.3 is 15.5 Å². The molecule has 0 aliphatic rings. The molecule has 0 bridgehead atoms. The van der Waals surface area contributed by atoms with Crippen LogP contribution in [0.5, 0.6) is 0 Å². The molecule has 5 nitrogen and oxygen atoms in total. The van der Waals surface area contributed by atoms with Gasteiger partial charge in [0.25, 0.3) is 5.91 Å². The summed E-state index contributed by atoms with van der Waals surface area (Å²) in [7, 11) is 5.75. The Morgan fingerprint density at radius 2 is 2.19 bits per heavy atom. The third kappa shape index (κ3) is 3.46. The Morgan fingerprint density at radius 3 is 2.69 bits per heavy atom. The van der Waals surface area contributed by atoms with Crippen molar-refractivity contribution in [2.75, 3.05) is 39.5 Å². The maximum atomic E-state index is 11.8. The fraction of sp³-hybridized carbons (Fsp3) is 0.600. The van der Waals surface area contributed by atoms with E-state index in [4.69, 9.17) is 0 Å². The first-order chi connectivity index (χ1) is 7.54. The summed E-state index contributed by atoms with van der Waals surface area (Å²) >= 11 is 1.38. The summed E-state index contributed by atoms with van der Waals surface area (Å²) in [5.41, 5.74) is 0.775. The second-order valence-corrected chi connectivity index (χ2v) is 4.74. The first-order valence-corrected chi connectivity index (χ1v) is 5.94. The van der Waals surface area contributed by atoms with Crippen LogP contribution < -0.4 is 10.6 Å². The van der Waals surface area contributed by atoms with Crippen molar-refractivity contribution < 1.29 is 4.79 Å². The van der Waals surface area contributed by atoms with Crippen molar-refractivity contribution in [3.63, 3.8) is 0 Å². The van der Waals surface area contributed by atoms with E-state index >= 15 is 0 Å². The number of nitrogens with one attached hydrogen (secondary N) is 2. The van der Waals surface area contributed by atoms with Gasteiger partial charge in [0.1, 0.15) is 4.88 Å². The lowest BCUT2D eigenvalue weighted by molar-refractivity contribution is 0.0954.